The van der Waals surface area contributed by atoms with Gasteiger partial charge in [-0.25, -0.2) is 0 Å². The number of rotatable bonds is 7. The van der Waals surface area contributed by atoms with E-state index < -0.39 is 5.41 Å². The second-order valence-corrected chi connectivity index (χ2v) is 5.18. The minimum absolute atomic E-state index is 0.0204. The molecule has 2 atom stereocenters. The molecule has 0 aromatic carbocycles. The van der Waals surface area contributed by atoms with Crippen molar-refractivity contribution in [1.29, 1.82) is 0 Å². The molecule has 0 aromatic rings. The summed E-state index contributed by atoms with van der Waals surface area (Å²) in [5.74, 6) is 0.0204. The van der Waals surface area contributed by atoms with Crippen LogP contribution in [0.15, 0.2) is 0 Å². The summed E-state index contributed by atoms with van der Waals surface area (Å²) in [4.78, 5) is 14.4. The number of hydrogen-bond acceptors (Lipinski definition) is 4. The smallest absolute Gasteiger partial charge is 0.229 e. The van der Waals surface area contributed by atoms with Crippen molar-refractivity contribution in [2.24, 2.45) is 11.1 Å². The lowest BCUT2D eigenvalue weighted by Gasteiger charge is -2.25. The van der Waals surface area contributed by atoms with E-state index in [4.69, 9.17) is 10.5 Å². The summed E-state index contributed by atoms with van der Waals surface area (Å²) >= 11 is 0. The fraction of sp³-hybridized carbons (Fsp3) is 0.923. The third-order valence-corrected chi connectivity index (χ3v) is 3.87. The number of hydrogen-bond donors (Lipinski definition) is 2. The highest BCUT2D eigenvalue weighted by Gasteiger charge is 2.44. The first-order valence-corrected chi connectivity index (χ1v) is 6.88. The van der Waals surface area contributed by atoms with Gasteiger partial charge in [-0.3, -0.25) is 4.79 Å². The third kappa shape index (κ3) is 3.67. The van der Waals surface area contributed by atoms with Crippen LogP contribution in [0.4, 0.5) is 0 Å². The van der Waals surface area contributed by atoms with Gasteiger partial charge in [-0.2, -0.15) is 0 Å². The Balaban J connectivity index is 2.25. The summed E-state index contributed by atoms with van der Waals surface area (Å²) < 4.78 is 5.28. The summed E-state index contributed by atoms with van der Waals surface area (Å²) in [5.41, 5.74) is 5.36. The zero-order valence-electron chi connectivity index (χ0n) is 11.9. The lowest BCUT2D eigenvalue weighted by molar-refractivity contribution is -0.130. The van der Waals surface area contributed by atoms with Gasteiger partial charge in [0.25, 0.3) is 0 Å². The molecule has 0 aromatic heterocycles. The molecular formula is C13H27N3O2. The number of carbonyl (C=O) groups is 1. The van der Waals surface area contributed by atoms with Gasteiger partial charge >= 0.3 is 0 Å². The molecule has 5 nitrogen and oxygen atoms in total. The maximum atomic E-state index is 12.1. The van der Waals surface area contributed by atoms with E-state index in [1.165, 1.54) is 0 Å². The molecule has 0 saturated carbocycles. The van der Waals surface area contributed by atoms with Crippen molar-refractivity contribution < 1.29 is 9.53 Å². The predicted molar refractivity (Wildman–Crippen MR) is 72.3 cm³/mol. The second-order valence-electron chi connectivity index (χ2n) is 5.18. The summed E-state index contributed by atoms with van der Waals surface area (Å²) in [6.45, 7) is 10.9. The molecule has 0 radical (unpaired) electrons. The van der Waals surface area contributed by atoms with Gasteiger partial charge in [0, 0.05) is 12.6 Å². The molecule has 1 aliphatic rings. The number of nitrogens with one attached hydrogen (secondary N) is 1. The van der Waals surface area contributed by atoms with Crippen molar-refractivity contribution in [2.75, 3.05) is 39.4 Å². The zero-order chi connectivity index (χ0) is 13.6. The van der Waals surface area contributed by atoms with Gasteiger partial charge in [0.1, 0.15) is 0 Å². The Kier molecular flexibility index (Phi) is 6.05. The average Bonchev–Trinajstić information content (AvgIpc) is 2.71. The maximum Gasteiger partial charge on any atom is 0.229 e. The molecule has 18 heavy (non-hydrogen) atoms. The molecule has 106 valence electrons. The highest BCUT2D eigenvalue weighted by atomic mass is 16.5. The molecule has 1 fully saturated rings. The minimum Gasteiger partial charge on any atom is -0.379 e. The van der Waals surface area contributed by atoms with Crippen LogP contribution in [0.5, 0.6) is 0 Å². The van der Waals surface area contributed by atoms with Crippen molar-refractivity contribution in [1.82, 2.24) is 10.2 Å². The van der Waals surface area contributed by atoms with E-state index in [1.807, 2.05) is 6.92 Å². The van der Waals surface area contributed by atoms with Crippen LogP contribution in [0.2, 0.25) is 0 Å². The summed E-state index contributed by atoms with van der Waals surface area (Å²) in [5, 5.41) is 2.97. The Bertz CT molecular complexity index is 269. The number of carbonyl (C=O) groups excluding carboxylic acids is 1. The molecule has 1 rings (SSSR count). The Morgan fingerprint density at radius 1 is 1.50 bits per heavy atom. The topological polar surface area (TPSA) is 67.6 Å². The number of nitrogens with two attached hydrogens (primary N) is 1. The van der Waals surface area contributed by atoms with Crippen LogP contribution in [0.1, 0.15) is 27.2 Å². The van der Waals surface area contributed by atoms with Crippen LogP contribution < -0.4 is 11.1 Å². The summed E-state index contributed by atoms with van der Waals surface area (Å²) in [6, 6.07) is -0.194. The lowest BCUT2D eigenvalue weighted by atomic mass is 9.85. The van der Waals surface area contributed by atoms with Crippen LogP contribution in [0, 0.1) is 5.41 Å². The lowest BCUT2D eigenvalue weighted by Crippen LogP contribution is -2.50. The van der Waals surface area contributed by atoms with Crippen molar-refractivity contribution >= 4 is 5.91 Å². The fourth-order valence-electron chi connectivity index (χ4n) is 2.17. The first-order chi connectivity index (χ1) is 8.54. The summed E-state index contributed by atoms with van der Waals surface area (Å²) in [6.07, 6.45) is 0.972. The van der Waals surface area contributed by atoms with E-state index in [2.05, 4.69) is 24.1 Å². The standard InChI is InChI=1S/C13H27N3O2/c1-4-16(5-2)8-6-7-15-12(17)13(3)10-18-9-11(13)14/h11H,4-10,14H2,1-3H3,(H,15,17). The van der Waals surface area contributed by atoms with Crippen molar-refractivity contribution in [2.45, 2.75) is 33.2 Å². The van der Waals surface area contributed by atoms with Crippen LogP contribution in [0.25, 0.3) is 0 Å². The Morgan fingerprint density at radius 2 is 2.17 bits per heavy atom. The van der Waals surface area contributed by atoms with Gasteiger partial charge in [-0.1, -0.05) is 13.8 Å². The van der Waals surface area contributed by atoms with E-state index in [9.17, 15) is 4.79 Å². The summed E-state index contributed by atoms with van der Waals surface area (Å²) in [7, 11) is 0. The Labute approximate surface area is 110 Å². The highest BCUT2D eigenvalue weighted by molar-refractivity contribution is 5.83. The number of ether oxygens (including phenoxy) is 1. The largest absolute Gasteiger partial charge is 0.379 e. The molecule has 3 N–H and O–H groups in total. The monoisotopic (exact) mass is 257 g/mol. The first kappa shape index (κ1) is 15.4. The van der Waals surface area contributed by atoms with Gasteiger partial charge in [-0.15, -0.1) is 0 Å². The molecular weight excluding hydrogens is 230 g/mol. The SMILES string of the molecule is CCN(CC)CCCNC(=O)C1(C)COCC1N. The molecule has 2 unspecified atom stereocenters. The van der Waals surface area contributed by atoms with Crippen LogP contribution in [-0.4, -0.2) is 56.2 Å². The molecule has 1 heterocycles. The van der Waals surface area contributed by atoms with Crippen molar-refractivity contribution in [3.8, 4) is 0 Å². The van der Waals surface area contributed by atoms with E-state index in [-0.39, 0.29) is 11.9 Å². The number of amides is 1. The zero-order valence-corrected chi connectivity index (χ0v) is 11.9. The van der Waals surface area contributed by atoms with Gasteiger partial charge in [-0.05, 0) is 33.0 Å². The minimum atomic E-state index is -0.560. The van der Waals surface area contributed by atoms with Gasteiger partial charge in [0.15, 0.2) is 0 Å². The molecule has 1 amide bonds. The van der Waals surface area contributed by atoms with Gasteiger partial charge in [0.05, 0.1) is 18.6 Å². The average molecular weight is 257 g/mol. The second kappa shape index (κ2) is 7.07. The van der Waals surface area contributed by atoms with E-state index in [1.54, 1.807) is 0 Å². The first-order valence-electron chi connectivity index (χ1n) is 6.88. The van der Waals surface area contributed by atoms with Gasteiger partial charge in [0.2, 0.25) is 5.91 Å². The Hall–Kier alpha value is -0.650. The van der Waals surface area contributed by atoms with Gasteiger partial charge < -0.3 is 20.7 Å². The van der Waals surface area contributed by atoms with Crippen LogP contribution >= 0.6 is 0 Å². The van der Waals surface area contributed by atoms with Crippen LogP contribution in [-0.2, 0) is 9.53 Å². The molecule has 0 aliphatic carbocycles. The molecule has 0 bridgehead atoms. The molecule has 1 saturated heterocycles. The van der Waals surface area contributed by atoms with Crippen LogP contribution in [0.3, 0.4) is 0 Å². The van der Waals surface area contributed by atoms with Crippen molar-refractivity contribution in [3.05, 3.63) is 0 Å². The number of nitrogens with zero attached hydrogens (tertiary/aromatic N) is 1. The fourth-order valence-corrected chi connectivity index (χ4v) is 2.17. The van der Waals surface area contributed by atoms with E-state index in [0.29, 0.717) is 19.8 Å². The molecule has 0 spiro atoms. The quantitative estimate of drug-likeness (QED) is 0.639. The van der Waals surface area contributed by atoms with E-state index in [0.717, 1.165) is 26.1 Å². The van der Waals surface area contributed by atoms with E-state index >= 15 is 0 Å². The maximum absolute atomic E-state index is 12.1. The predicted octanol–water partition coefficient (Wildman–Crippen LogP) is 0.198. The van der Waals surface area contributed by atoms with Crippen molar-refractivity contribution in [3.63, 3.8) is 0 Å². The third-order valence-electron chi connectivity index (χ3n) is 3.87. The Morgan fingerprint density at radius 3 is 2.67 bits per heavy atom. The normalized spacial score (nSPS) is 27.7. The highest BCUT2D eigenvalue weighted by Crippen LogP contribution is 2.26. The molecule has 5 heteroatoms. The molecule has 1 aliphatic heterocycles.